The molecule has 0 aliphatic rings. The number of benzene rings is 1. The van der Waals surface area contributed by atoms with E-state index >= 15 is 0 Å². The van der Waals surface area contributed by atoms with Crippen molar-refractivity contribution in [1.29, 1.82) is 0 Å². The Balaban J connectivity index is 2.48. The third kappa shape index (κ3) is 1.59. The fourth-order valence-corrected chi connectivity index (χ4v) is 1.32. The van der Waals surface area contributed by atoms with Crippen LogP contribution in [0.5, 0.6) is 5.75 Å². The number of hydrogen-bond acceptors (Lipinski definition) is 2. The van der Waals surface area contributed by atoms with Gasteiger partial charge in [-0.1, -0.05) is 30.3 Å². The molecule has 14 heavy (non-hydrogen) atoms. The first kappa shape index (κ1) is 8.75. The third-order valence-corrected chi connectivity index (χ3v) is 2.13. The zero-order valence-corrected chi connectivity index (χ0v) is 7.94. The van der Waals surface area contributed by atoms with Crippen molar-refractivity contribution in [2.45, 2.75) is 6.92 Å². The lowest BCUT2D eigenvalue weighted by Crippen LogP contribution is -1.86. The average Bonchev–Trinajstić information content (AvgIpc) is 2.23. The highest BCUT2D eigenvalue weighted by Gasteiger charge is 2.01. The molecule has 0 radical (unpaired) electrons. The van der Waals surface area contributed by atoms with Gasteiger partial charge in [-0.25, -0.2) is 4.98 Å². The molecule has 2 aromatic rings. The van der Waals surface area contributed by atoms with Crippen LogP contribution in [-0.2, 0) is 0 Å². The molecule has 1 aromatic carbocycles. The summed E-state index contributed by atoms with van der Waals surface area (Å²) >= 11 is 0. The topological polar surface area (TPSA) is 33.1 Å². The lowest BCUT2D eigenvalue weighted by molar-refractivity contribution is 0.468. The first-order valence-corrected chi connectivity index (χ1v) is 4.49. The maximum Gasteiger partial charge on any atom is 0.136 e. The summed E-state index contributed by atoms with van der Waals surface area (Å²) in [7, 11) is 0. The normalized spacial score (nSPS) is 10.1. The highest BCUT2D eigenvalue weighted by Crippen LogP contribution is 2.21. The van der Waals surface area contributed by atoms with Crippen LogP contribution in [0.2, 0.25) is 0 Å². The summed E-state index contributed by atoms with van der Waals surface area (Å²) in [5.74, 6) is 0.240. The predicted octanol–water partition coefficient (Wildman–Crippen LogP) is 2.76. The van der Waals surface area contributed by atoms with Crippen LogP contribution in [-0.4, -0.2) is 10.1 Å². The van der Waals surface area contributed by atoms with Crippen LogP contribution in [0.25, 0.3) is 11.3 Å². The van der Waals surface area contributed by atoms with Gasteiger partial charge in [0.1, 0.15) is 5.75 Å². The van der Waals surface area contributed by atoms with Gasteiger partial charge in [0.2, 0.25) is 0 Å². The van der Waals surface area contributed by atoms with Crippen molar-refractivity contribution in [3.05, 3.63) is 48.2 Å². The second-order valence-corrected chi connectivity index (χ2v) is 3.17. The zero-order valence-electron chi connectivity index (χ0n) is 7.94. The number of pyridine rings is 1. The summed E-state index contributed by atoms with van der Waals surface area (Å²) in [5, 5.41) is 9.33. The van der Waals surface area contributed by atoms with Crippen molar-refractivity contribution in [2.24, 2.45) is 0 Å². The van der Waals surface area contributed by atoms with E-state index in [1.807, 2.05) is 36.4 Å². The van der Waals surface area contributed by atoms with Crippen molar-refractivity contribution in [3.8, 4) is 17.0 Å². The maximum absolute atomic E-state index is 9.33. The molecule has 70 valence electrons. The van der Waals surface area contributed by atoms with Gasteiger partial charge >= 0.3 is 0 Å². The molecule has 0 saturated heterocycles. The Kier molecular flexibility index (Phi) is 2.19. The summed E-state index contributed by atoms with van der Waals surface area (Å²) in [6.45, 7) is 1.79. The van der Waals surface area contributed by atoms with E-state index in [4.69, 9.17) is 0 Å². The second kappa shape index (κ2) is 3.50. The van der Waals surface area contributed by atoms with Gasteiger partial charge in [-0.05, 0) is 19.1 Å². The second-order valence-electron chi connectivity index (χ2n) is 3.17. The van der Waals surface area contributed by atoms with Gasteiger partial charge in [-0.3, -0.25) is 0 Å². The Hall–Kier alpha value is -1.83. The van der Waals surface area contributed by atoms with Gasteiger partial charge < -0.3 is 5.11 Å². The van der Waals surface area contributed by atoms with E-state index in [0.717, 1.165) is 11.3 Å². The molecule has 2 rings (SSSR count). The Labute approximate surface area is 82.9 Å². The SMILES string of the molecule is Cc1nc(-c2ccccc2)ccc1O. The number of aromatic nitrogens is 1. The Morgan fingerprint density at radius 2 is 1.71 bits per heavy atom. The molecule has 0 bridgehead atoms. The summed E-state index contributed by atoms with van der Waals surface area (Å²) in [6, 6.07) is 13.4. The smallest absolute Gasteiger partial charge is 0.136 e. The molecule has 2 nitrogen and oxygen atoms in total. The minimum absolute atomic E-state index is 0.240. The zero-order chi connectivity index (χ0) is 9.97. The number of hydrogen-bond donors (Lipinski definition) is 1. The van der Waals surface area contributed by atoms with Gasteiger partial charge in [0, 0.05) is 5.56 Å². The van der Waals surface area contributed by atoms with Crippen LogP contribution >= 0.6 is 0 Å². The molecule has 2 heteroatoms. The predicted molar refractivity (Wildman–Crippen MR) is 56.1 cm³/mol. The molecule has 0 saturated carbocycles. The standard InChI is InChI=1S/C12H11NO/c1-9-12(14)8-7-11(13-9)10-5-3-2-4-6-10/h2-8,14H,1H3. The molecule has 0 atom stereocenters. The van der Waals surface area contributed by atoms with E-state index in [0.29, 0.717) is 5.69 Å². The van der Waals surface area contributed by atoms with Crippen molar-refractivity contribution in [1.82, 2.24) is 4.98 Å². The molecule has 0 aliphatic heterocycles. The Bertz CT molecular complexity index is 437. The van der Waals surface area contributed by atoms with Crippen LogP contribution in [0.4, 0.5) is 0 Å². The summed E-state index contributed by atoms with van der Waals surface area (Å²) in [4.78, 5) is 4.29. The van der Waals surface area contributed by atoms with Crippen LogP contribution in [0, 0.1) is 6.92 Å². The largest absolute Gasteiger partial charge is 0.506 e. The molecule has 1 N–H and O–H groups in total. The first-order chi connectivity index (χ1) is 6.77. The molecule has 1 aromatic heterocycles. The van der Waals surface area contributed by atoms with Crippen molar-refractivity contribution in [3.63, 3.8) is 0 Å². The fourth-order valence-electron chi connectivity index (χ4n) is 1.32. The van der Waals surface area contributed by atoms with Gasteiger partial charge in [-0.2, -0.15) is 0 Å². The van der Waals surface area contributed by atoms with E-state index in [2.05, 4.69) is 4.98 Å². The number of rotatable bonds is 1. The first-order valence-electron chi connectivity index (χ1n) is 4.49. The number of aryl methyl sites for hydroxylation is 1. The van der Waals surface area contributed by atoms with E-state index in [1.54, 1.807) is 13.0 Å². The van der Waals surface area contributed by atoms with Gasteiger partial charge in [0.05, 0.1) is 11.4 Å². The summed E-state index contributed by atoms with van der Waals surface area (Å²) in [5.41, 5.74) is 2.61. The van der Waals surface area contributed by atoms with E-state index < -0.39 is 0 Å². The third-order valence-electron chi connectivity index (χ3n) is 2.13. The average molecular weight is 185 g/mol. The van der Waals surface area contributed by atoms with Crippen LogP contribution in [0.15, 0.2) is 42.5 Å². The van der Waals surface area contributed by atoms with Gasteiger partial charge in [-0.15, -0.1) is 0 Å². The van der Waals surface area contributed by atoms with Crippen LogP contribution < -0.4 is 0 Å². The molecule has 0 unspecified atom stereocenters. The van der Waals surface area contributed by atoms with Crippen LogP contribution in [0.3, 0.4) is 0 Å². The lowest BCUT2D eigenvalue weighted by Gasteiger charge is -2.02. The highest BCUT2D eigenvalue weighted by atomic mass is 16.3. The fraction of sp³-hybridized carbons (Fsp3) is 0.0833. The number of nitrogens with zero attached hydrogens (tertiary/aromatic N) is 1. The van der Waals surface area contributed by atoms with Gasteiger partial charge in [0.25, 0.3) is 0 Å². The monoisotopic (exact) mass is 185 g/mol. The maximum atomic E-state index is 9.33. The van der Waals surface area contributed by atoms with Crippen LogP contribution in [0.1, 0.15) is 5.69 Å². The van der Waals surface area contributed by atoms with Crippen molar-refractivity contribution in [2.75, 3.05) is 0 Å². The molecule has 0 fully saturated rings. The quantitative estimate of drug-likeness (QED) is 0.741. The summed E-state index contributed by atoms with van der Waals surface area (Å²) in [6.07, 6.45) is 0. The lowest BCUT2D eigenvalue weighted by atomic mass is 10.1. The van der Waals surface area contributed by atoms with E-state index in [-0.39, 0.29) is 5.75 Å². The molecule has 0 aliphatic carbocycles. The minimum atomic E-state index is 0.240. The Morgan fingerprint density at radius 3 is 2.36 bits per heavy atom. The van der Waals surface area contributed by atoms with E-state index in [1.165, 1.54) is 0 Å². The number of aromatic hydroxyl groups is 1. The molecular formula is C12H11NO. The molecular weight excluding hydrogens is 174 g/mol. The molecule has 1 heterocycles. The van der Waals surface area contributed by atoms with E-state index in [9.17, 15) is 5.11 Å². The van der Waals surface area contributed by atoms with Crippen molar-refractivity contribution < 1.29 is 5.11 Å². The highest BCUT2D eigenvalue weighted by molar-refractivity contribution is 5.59. The minimum Gasteiger partial charge on any atom is -0.506 e. The summed E-state index contributed by atoms with van der Waals surface area (Å²) < 4.78 is 0. The Morgan fingerprint density at radius 1 is 1.00 bits per heavy atom. The molecule has 0 spiro atoms. The van der Waals surface area contributed by atoms with Crippen molar-refractivity contribution >= 4 is 0 Å². The van der Waals surface area contributed by atoms with Gasteiger partial charge in [0.15, 0.2) is 0 Å². The molecule has 0 amide bonds.